The largest absolute Gasteiger partial charge is 0.338 e. The smallest absolute Gasteiger partial charge is 0.257 e. The minimum atomic E-state index is -1.15. The van der Waals surface area contributed by atoms with Gasteiger partial charge in [-0.1, -0.05) is 24.3 Å². The number of rotatable bonds is 0. The fourth-order valence-corrected chi connectivity index (χ4v) is 2.46. The molecule has 0 aromatic heterocycles. The van der Waals surface area contributed by atoms with Crippen molar-refractivity contribution in [3.8, 4) is 0 Å². The molecular weight excluding hydrogens is 306 g/mol. The van der Waals surface area contributed by atoms with Crippen LogP contribution >= 0.6 is 0 Å². The zero-order chi connectivity index (χ0) is 17.3. The lowest BCUT2D eigenvalue weighted by molar-refractivity contribution is -0.120. The van der Waals surface area contributed by atoms with Crippen molar-refractivity contribution in [1.29, 1.82) is 0 Å². The highest BCUT2D eigenvalue weighted by molar-refractivity contribution is 6.15. The first kappa shape index (κ1) is 15.7. The molecule has 6 nitrogen and oxygen atoms in total. The van der Waals surface area contributed by atoms with Gasteiger partial charge in [0.1, 0.15) is 5.54 Å². The van der Waals surface area contributed by atoms with Crippen molar-refractivity contribution in [1.82, 2.24) is 5.32 Å². The molecule has 2 aromatic carbocycles. The van der Waals surface area contributed by atoms with Crippen LogP contribution in [-0.2, 0) is 4.79 Å². The molecule has 3 amide bonds. The molecule has 0 bridgehead atoms. The van der Waals surface area contributed by atoms with Crippen LogP contribution in [0.5, 0.6) is 0 Å². The van der Waals surface area contributed by atoms with Crippen LogP contribution in [0.3, 0.4) is 0 Å². The number of amides is 3. The van der Waals surface area contributed by atoms with Crippen molar-refractivity contribution < 1.29 is 14.4 Å². The molecule has 122 valence electrons. The van der Waals surface area contributed by atoms with Gasteiger partial charge in [-0.25, -0.2) is 0 Å². The first-order valence-electron chi connectivity index (χ1n) is 7.52. The number of hydrogen-bond acceptors (Lipinski definition) is 3. The molecule has 6 heteroatoms. The number of carbonyl (C=O) groups is 3. The Morgan fingerprint density at radius 1 is 0.708 bits per heavy atom. The summed E-state index contributed by atoms with van der Waals surface area (Å²) in [6.07, 6.45) is 0. The van der Waals surface area contributed by atoms with Gasteiger partial charge < -0.3 is 16.0 Å². The Balaban J connectivity index is 2.16. The number of nitrogens with one attached hydrogen (secondary N) is 3. The standard InChI is InChI=1S/C18H17N3O3/c1-18(2)17(24)20-14-10-6-3-7-11(14)15(22)19-13-9-5-4-8-12(13)16(23)21-18/h3-10H,1-2H3,(H,19,22)(H,20,24)(H,21,23). The second-order valence-electron chi connectivity index (χ2n) is 6.08. The minimum Gasteiger partial charge on any atom is -0.338 e. The van der Waals surface area contributed by atoms with Crippen LogP contribution in [0.2, 0.25) is 0 Å². The lowest BCUT2D eigenvalue weighted by atomic mass is 10.0. The van der Waals surface area contributed by atoms with E-state index in [-0.39, 0.29) is 0 Å². The molecule has 1 heterocycles. The van der Waals surface area contributed by atoms with Gasteiger partial charge in [0.25, 0.3) is 11.8 Å². The molecule has 3 N–H and O–H groups in total. The average Bonchev–Trinajstić information content (AvgIpc) is 2.55. The molecule has 2 aromatic rings. The van der Waals surface area contributed by atoms with E-state index in [1.165, 1.54) is 0 Å². The number of carbonyl (C=O) groups excluding carboxylic acids is 3. The first-order valence-corrected chi connectivity index (χ1v) is 7.52. The summed E-state index contributed by atoms with van der Waals surface area (Å²) in [5.74, 6) is -1.24. The third-order valence-corrected chi connectivity index (χ3v) is 3.83. The highest BCUT2D eigenvalue weighted by Gasteiger charge is 2.32. The average molecular weight is 323 g/mol. The highest BCUT2D eigenvalue weighted by Crippen LogP contribution is 2.23. The van der Waals surface area contributed by atoms with E-state index >= 15 is 0 Å². The van der Waals surface area contributed by atoms with Crippen molar-refractivity contribution in [3.05, 3.63) is 59.7 Å². The topological polar surface area (TPSA) is 87.3 Å². The highest BCUT2D eigenvalue weighted by atomic mass is 16.2. The third kappa shape index (κ3) is 2.86. The van der Waals surface area contributed by atoms with Crippen molar-refractivity contribution in [3.63, 3.8) is 0 Å². The fourth-order valence-electron chi connectivity index (χ4n) is 2.46. The van der Waals surface area contributed by atoms with Crippen LogP contribution in [0, 0.1) is 0 Å². The van der Waals surface area contributed by atoms with E-state index < -0.39 is 23.3 Å². The van der Waals surface area contributed by atoms with Gasteiger partial charge in [-0.05, 0) is 38.1 Å². The van der Waals surface area contributed by atoms with Gasteiger partial charge in [-0.15, -0.1) is 0 Å². The van der Waals surface area contributed by atoms with Gasteiger partial charge >= 0.3 is 0 Å². The van der Waals surface area contributed by atoms with Gasteiger partial charge in [-0.3, -0.25) is 14.4 Å². The van der Waals surface area contributed by atoms with Crippen LogP contribution in [0.25, 0.3) is 0 Å². The lowest BCUT2D eigenvalue weighted by Gasteiger charge is -2.25. The van der Waals surface area contributed by atoms with E-state index in [9.17, 15) is 14.4 Å². The zero-order valence-electron chi connectivity index (χ0n) is 13.3. The molecule has 3 rings (SSSR count). The maximum absolute atomic E-state index is 12.6. The van der Waals surface area contributed by atoms with Gasteiger partial charge in [0.2, 0.25) is 5.91 Å². The Kier molecular flexibility index (Phi) is 3.81. The number of hydrogen-bond donors (Lipinski definition) is 3. The monoisotopic (exact) mass is 323 g/mol. The molecule has 0 fully saturated rings. The molecule has 0 aliphatic carbocycles. The second kappa shape index (κ2) is 5.81. The second-order valence-corrected chi connectivity index (χ2v) is 6.08. The fraction of sp³-hybridized carbons (Fsp3) is 0.167. The Bertz CT molecular complexity index is 843. The van der Waals surface area contributed by atoms with Gasteiger partial charge in [0.15, 0.2) is 0 Å². The van der Waals surface area contributed by atoms with Crippen LogP contribution in [0.4, 0.5) is 11.4 Å². The van der Waals surface area contributed by atoms with E-state index in [2.05, 4.69) is 16.0 Å². The van der Waals surface area contributed by atoms with Crippen molar-refractivity contribution in [2.24, 2.45) is 0 Å². The van der Waals surface area contributed by atoms with Crippen molar-refractivity contribution >= 4 is 29.1 Å². The Labute approximate surface area is 139 Å². The summed E-state index contributed by atoms with van der Waals surface area (Å²) in [6, 6.07) is 13.4. The summed E-state index contributed by atoms with van der Waals surface area (Å²) in [7, 11) is 0. The number of benzene rings is 2. The number of para-hydroxylation sites is 2. The summed E-state index contributed by atoms with van der Waals surface area (Å²) in [5, 5.41) is 8.15. The molecule has 1 aliphatic heterocycles. The van der Waals surface area contributed by atoms with Crippen molar-refractivity contribution in [2.45, 2.75) is 19.4 Å². The van der Waals surface area contributed by atoms with Crippen molar-refractivity contribution in [2.75, 3.05) is 10.6 Å². The zero-order valence-corrected chi connectivity index (χ0v) is 13.3. The van der Waals surface area contributed by atoms with Gasteiger partial charge in [-0.2, -0.15) is 0 Å². The number of anilines is 2. The molecular formula is C18H17N3O3. The first-order chi connectivity index (χ1) is 11.4. The number of fused-ring (bicyclic) bond motifs is 2. The molecule has 0 spiro atoms. The Morgan fingerprint density at radius 3 is 1.83 bits per heavy atom. The van der Waals surface area contributed by atoms with E-state index in [1.807, 2.05) is 0 Å². The summed E-state index contributed by atoms with van der Waals surface area (Å²) >= 11 is 0. The molecule has 0 saturated carbocycles. The van der Waals surface area contributed by atoms with Crippen LogP contribution in [0.15, 0.2) is 48.5 Å². The summed E-state index contributed by atoms with van der Waals surface area (Å²) in [6.45, 7) is 3.22. The molecule has 1 aliphatic rings. The van der Waals surface area contributed by atoms with E-state index in [0.717, 1.165) is 0 Å². The summed E-state index contributed by atoms with van der Waals surface area (Å²) < 4.78 is 0. The predicted molar refractivity (Wildman–Crippen MR) is 91.0 cm³/mol. The summed E-state index contributed by atoms with van der Waals surface area (Å²) in [4.78, 5) is 37.6. The van der Waals surface area contributed by atoms with E-state index in [1.54, 1.807) is 62.4 Å². The summed E-state index contributed by atoms with van der Waals surface area (Å²) in [5.41, 5.74) is 0.253. The maximum Gasteiger partial charge on any atom is 0.257 e. The van der Waals surface area contributed by atoms with Gasteiger partial charge in [0.05, 0.1) is 22.5 Å². The molecule has 0 radical (unpaired) electrons. The molecule has 0 atom stereocenters. The third-order valence-electron chi connectivity index (χ3n) is 3.83. The SMILES string of the molecule is CC1(C)NC(=O)c2ccccc2NC(=O)c2ccccc2NC1=O. The normalized spacial score (nSPS) is 16.7. The van der Waals surface area contributed by atoms with Crippen LogP contribution in [-0.4, -0.2) is 23.3 Å². The van der Waals surface area contributed by atoms with Crippen LogP contribution in [0.1, 0.15) is 34.6 Å². The van der Waals surface area contributed by atoms with Gasteiger partial charge in [0, 0.05) is 0 Å². The Hall–Kier alpha value is -3.15. The minimum absolute atomic E-state index is 0.297. The van der Waals surface area contributed by atoms with E-state index in [4.69, 9.17) is 0 Å². The van der Waals surface area contributed by atoms with E-state index in [0.29, 0.717) is 22.5 Å². The predicted octanol–water partition coefficient (Wildman–Crippen LogP) is 2.40. The molecule has 24 heavy (non-hydrogen) atoms. The molecule has 0 unspecified atom stereocenters. The Morgan fingerprint density at radius 2 is 1.21 bits per heavy atom. The lowest BCUT2D eigenvalue weighted by Crippen LogP contribution is -2.52. The maximum atomic E-state index is 12.6. The van der Waals surface area contributed by atoms with Crippen LogP contribution < -0.4 is 16.0 Å². The molecule has 0 saturated heterocycles. The quantitative estimate of drug-likeness (QED) is 0.696.